The van der Waals surface area contributed by atoms with Gasteiger partial charge in [0.05, 0.1) is 0 Å². The average Bonchev–Trinajstić information content (AvgIpc) is 2.60. The number of rotatable bonds is 2. The largest absolute Gasteiger partial charge is 0.295 e. The van der Waals surface area contributed by atoms with E-state index in [4.69, 9.17) is 0 Å². The molecule has 0 spiro atoms. The van der Waals surface area contributed by atoms with E-state index in [0.29, 0.717) is 0 Å². The molecule has 2 rings (SSSR count). The van der Waals surface area contributed by atoms with Crippen LogP contribution in [0.15, 0.2) is 0 Å². The Morgan fingerprint density at radius 1 is 0.846 bits per heavy atom. The van der Waals surface area contributed by atoms with Crippen molar-refractivity contribution in [1.29, 1.82) is 0 Å². The van der Waals surface area contributed by atoms with Gasteiger partial charge in [-0.3, -0.25) is 9.80 Å². The zero-order valence-electron chi connectivity index (χ0n) is 9.33. The highest BCUT2D eigenvalue weighted by Gasteiger charge is 2.44. The Bertz CT molecular complexity index is 169. The Hall–Kier alpha value is -0.0800. The molecular weight excluding hydrogens is 160 g/mol. The van der Waals surface area contributed by atoms with Gasteiger partial charge in [0.15, 0.2) is 0 Å². The van der Waals surface area contributed by atoms with Crippen LogP contribution in [0.25, 0.3) is 0 Å². The molecule has 2 heteroatoms. The molecule has 0 aromatic carbocycles. The molecule has 0 aliphatic carbocycles. The molecule has 2 fully saturated rings. The second-order valence-corrected chi connectivity index (χ2v) is 5.12. The molecule has 2 atom stereocenters. The molecule has 2 heterocycles. The lowest BCUT2D eigenvalue weighted by atomic mass is 10.2. The molecule has 2 aliphatic rings. The summed E-state index contributed by atoms with van der Waals surface area (Å²) < 4.78 is 0. The van der Waals surface area contributed by atoms with Crippen LogP contribution in [0.5, 0.6) is 0 Å². The summed E-state index contributed by atoms with van der Waals surface area (Å²) in [6.07, 6.45) is 1.41. The van der Waals surface area contributed by atoms with Gasteiger partial charge in [0.25, 0.3) is 0 Å². The van der Waals surface area contributed by atoms with E-state index in [-0.39, 0.29) is 0 Å². The Morgan fingerprint density at radius 3 is 1.46 bits per heavy atom. The summed E-state index contributed by atoms with van der Waals surface area (Å²) in [5.74, 6) is 0. The molecule has 0 N–H and O–H groups in total. The maximum absolute atomic E-state index is 2.67. The van der Waals surface area contributed by atoms with E-state index in [1.54, 1.807) is 0 Å². The van der Waals surface area contributed by atoms with Crippen molar-refractivity contribution < 1.29 is 0 Å². The fourth-order valence-electron chi connectivity index (χ4n) is 2.99. The molecule has 0 radical (unpaired) electrons. The molecule has 2 nitrogen and oxygen atoms in total. The normalized spacial score (nSPS) is 35.5. The Labute approximate surface area is 81.9 Å². The first-order valence-corrected chi connectivity index (χ1v) is 5.61. The second kappa shape index (κ2) is 3.25. The van der Waals surface area contributed by atoms with E-state index in [1.807, 2.05) is 0 Å². The summed E-state index contributed by atoms with van der Waals surface area (Å²) in [7, 11) is 0. The third kappa shape index (κ3) is 1.50. The lowest BCUT2D eigenvalue weighted by Gasteiger charge is -2.38. The van der Waals surface area contributed by atoms with E-state index < -0.39 is 0 Å². The van der Waals surface area contributed by atoms with Crippen molar-refractivity contribution >= 4 is 0 Å². The van der Waals surface area contributed by atoms with E-state index >= 15 is 0 Å². The average molecular weight is 182 g/mol. The predicted octanol–water partition coefficient (Wildman–Crippen LogP) is 1.56. The Morgan fingerprint density at radius 2 is 1.23 bits per heavy atom. The smallest absolute Gasteiger partial charge is 0.0242 e. The van der Waals surface area contributed by atoms with Gasteiger partial charge in [-0.05, 0) is 34.1 Å². The van der Waals surface area contributed by atoms with Crippen molar-refractivity contribution in [2.45, 2.75) is 58.3 Å². The van der Waals surface area contributed by atoms with Gasteiger partial charge in [-0.25, -0.2) is 0 Å². The first-order valence-electron chi connectivity index (χ1n) is 5.61. The summed E-state index contributed by atoms with van der Waals surface area (Å²) in [6, 6.07) is 3.19. The maximum atomic E-state index is 2.67. The third-order valence-corrected chi connectivity index (χ3v) is 3.65. The molecule has 1 unspecified atom stereocenters. The molecule has 2 saturated heterocycles. The van der Waals surface area contributed by atoms with Crippen LogP contribution in [-0.2, 0) is 0 Å². The molecule has 0 aromatic rings. The van der Waals surface area contributed by atoms with Crippen molar-refractivity contribution in [3.05, 3.63) is 0 Å². The quantitative estimate of drug-likeness (QED) is 0.639. The van der Waals surface area contributed by atoms with Crippen molar-refractivity contribution in [2.24, 2.45) is 0 Å². The summed E-state index contributed by atoms with van der Waals surface area (Å²) in [5.41, 5.74) is 0. The van der Waals surface area contributed by atoms with Gasteiger partial charge in [0.1, 0.15) is 0 Å². The molecule has 13 heavy (non-hydrogen) atoms. The van der Waals surface area contributed by atoms with E-state index in [1.165, 1.54) is 19.5 Å². The first kappa shape index (κ1) is 9.47. The fraction of sp³-hybridized carbons (Fsp3) is 1.00. The van der Waals surface area contributed by atoms with Gasteiger partial charge in [-0.1, -0.05) is 0 Å². The van der Waals surface area contributed by atoms with Gasteiger partial charge in [0, 0.05) is 37.3 Å². The zero-order chi connectivity index (χ0) is 9.59. The highest BCUT2D eigenvalue weighted by Crippen LogP contribution is 2.33. The topological polar surface area (TPSA) is 6.48 Å². The lowest BCUT2D eigenvalue weighted by Crippen LogP contribution is -2.50. The van der Waals surface area contributed by atoms with Crippen LogP contribution in [0.1, 0.15) is 34.1 Å². The molecule has 2 bridgehead atoms. The van der Waals surface area contributed by atoms with E-state index in [9.17, 15) is 0 Å². The van der Waals surface area contributed by atoms with Gasteiger partial charge in [-0.2, -0.15) is 0 Å². The molecule has 0 amide bonds. The summed E-state index contributed by atoms with van der Waals surface area (Å²) >= 11 is 0. The third-order valence-electron chi connectivity index (χ3n) is 3.65. The van der Waals surface area contributed by atoms with Gasteiger partial charge in [-0.15, -0.1) is 0 Å². The monoisotopic (exact) mass is 182 g/mol. The Kier molecular flexibility index (Phi) is 2.37. The fourth-order valence-corrected chi connectivity index (χ4v) is 2.99. The van der Waals surface area contributed by atoms with Crippen LogP contribution in [0.2, 0.25) is 0 Å². The molecule has 2 aliphatic heterocycles. The number of fused-ring (bicyclic) bond motifs is 2. The molecule has 0 aromatic heterocycles. The maximum Gasteiger partial charge on any atom is 0.0242 e. The second-order valence-electron chi connectivity index (χ2n) is 5.12. The standard InChI is InChI=1S/C11H22N2/c1-8(2)12-6-11-5-10(12)7-13(11)9(3)4/h8-11H,5-7H2,1-4H3/t10-,11?/m1/s1. The van der Waals surface area contributed by atoms with Crippen molar-refractivity contribution in [2.75, 3.05) is 13.1 Å². The summed E-state index contributed by atoms with van der Waals surface area (Å²) in [4.78, 5) is 5.34. The Balaban J connectivity index is 1.99. The van der Waals surface area contributed by atoms with Crippen LogP contribution in [-0.4, -0.2) is 47.1 Å². The number of hydrogen-bond acceptors (Lipinski definition) is 2. The SMILES string of the molecule is CC(C)N1C[C@H]2CC1CN2C(C)C. The predicted molar refractivity (Wildman–Crippen MR) is 55.9 cm³/mol. The number of likely N-dealkylation sites (tertiary alicyclic amines) is 2. The summed E-state index contributed by atoms with van der Waals surface area (Å²) in [6.45, 7) is 11.9. The summed E-state index contributed by atoms with van der Waals surface area (Å²) in [5, 5.41) is 0. The zero-order valence-corrected chi connectivity index (χ0v) is 9.33. The van der Waals surface area contributed by atoms with Crippen molar-refractivity contribution in [3.63, 3.8) is 0 Å². The molecule has 76 valence electrons. The van der Waals surface area contributed by atoms with Crippen LogP contribution in [0.3, 0.4) is 0 Å². The van der Waals surface area contributed by atoms with Gasteiger partial charge >= 0.3 is 0 Å². The lowest BCUT2D eigenvalue weighted by molar-refractivity contribution is 0.0849. The van der Waals surface area contributed by atoms with Crippen LogP contribution < -0.4 is 0 Å². The van der Waals surface area contributed by atoms with Crippen molar-refractivity contribution in [3.8, 4) is 0 Å². The van der Waals surface area contributed by atoms with Crippen LogP contribution in [0, 0.1) is 0 Å². The molecule has 0 saturated carbocycles. The van der Waals surface area contributed by atoms with E-state index in [2.05, 4.69) is 37.5 Å². The minimum Gasteiger partial charge on any atom is -0.295 e. The number of piperazine rings is 1. The van der Waals surface area contributed by atoms with Crippen LogP contribution >= 0.6 is 0 Å². The van der Waals surface area contributed by atoms with Crippen molar-refractivity contribution in [1.82, 2.24) is 9.80 Å². The van der Waals surface area contributed by atoms with Crippen LogP contribution in [0.4, 0.5) is 0 Å². The number of nitrogens with zero attached hydrogens (tertiary/aromatic N) is 2. The van der Waals surface area contributed by atoms with Gasteiger partial charge in [0.2, 0.25) is 0 Å². The van der Waals surface area contributed by atoms with Gasteiger partial charge < -0.3 is 0 Å². The highest BCUT2D eigenvalue weighted by atomic mass is 15.4. The first-order chi connectivity index (χ1) is 6.09. The highest BCUT2D eigenvalue weighted by molar-refractivity contribution is 5.01. The molecular formula is C11H22N2. The minimum atomic E-state index is 0.740. The van der Waals surface area contributed by atoms with E-state index in [0.717, 1.165) is 24.2 Å². The number of hydrogen-bond donors (Lipinski definition) is 0. The minimum absolute atomic E-state index is 0.740.